The van der Waals surface area contributed by atoms with E-state index in [2.05, 4.69) is 30.4 Å². The van der Waals surface area contributed by atoms with Gasteiger partial charge in [0.1, 0.15) is 0 Å². The van der Waals surface area contributed by atoms with Crippen LogP contribution in [0.25, 0.3) is 0 Å². The standard InChI is InChI=1S/C19H28ClN/c1-2-11-21-15-19(16-7-6-8-17(20)12-16)13-18(14-19)9-4-3-5-10-18/h6-8,12,21H,2-5,9-11,13-15H2,1H3. The summed E-state index contributed by atoms with van der Waals surface area (Å²) in [6.07, 6.45) is 11.1. The summed E-state index contributed by atoms with van der Waals surface area (Å²) in [6.45, 7) is 4.47. The monoisotopic (exact) mass is 305 g/mol. The van der Waals surface area contributed by atoms with E-state index in [1.807, 2.05) is 6.07 Å². The quantitative estimate of drug-likeness (QED) is 0.726. The largest absolute Gasteiger partial charge is 0.316 e. The van der Waals surface area contributed by atoms with Crippen LogP contribution in [-0.4, -0.2) is 13.1 Å². The van der Waals surface area contributed by atoms with Crippen molar-refractivity contribution in [3.63, 3.8) is 0 Å². The lowest BCUT2D eigenvalue weighted by Gasteiger charge is -2.59. The molecule has 0 amide bonds. The Hall–Kier alpha value is -0.530. The Kier molecular flexibility index (Phi) is 4.61. The van der Waals surface area contributed by atoms with E-state index >= 15 is 0 Å². The lowest BCUT2D eigenvalue weighted by molar-refractivity contribution is -0.0126. The van der Waals surface area contributed by atoms with Gasteiger partial charge in [-0.25, -0.2) is 0 Å². The maximum Gasteiger partial charge on any atom is 0.0408 e. The zero-order chi connectivity index (χ0) is 14.8. The highest BCUT2D eigenvalue weighted by atomic mass is 35.5. The molecule has 0 atom stereocenters. The fraction of sp³-hybridized carbons (Fsp3) is 0.684. The molecule has 0 radical (unpaired) electrons. The van der Waals surface area contributed by atoms with Crippen LogP contribution in [0, 0.1) is 5.41 Å². The Morgan fingerprint density at radius 2 is 1.90 bits per heavy atom. The zero-order valence-electron chi connectivity index (χ0n) is 13.3. The molecule has 0 heterocycles. The Morgan fingerprint density at radius 1 is 1.14 bits per heavy atom. The fourth-order valence-corrected chi connectivity index (χ4v) is 4.98. The minimum absolute atomic E-state index is 0.331. The predicted octanol–water partition coefficient (Wildman–Crippen LogP) is 5.32. The third kappa shape index (κ3) is 3.14. The van der Waals surface area contributed by atoms with Gasteiger partial charge in [-0.1, -0.05) is 49.9 Å². The van der Waals surface area contributed by atoms with Crippen molar-refractivity contribution < 1.29 is 0 Å². The van der Waals surface area contributed by atoms with Crippen molar-refractivity contribution in [2.75, 3.05) is 13.1 Å². The zero-order valence-corrected chi connectivity index (χ0v) is 14.0. The van der Waals surface area contributed by atoms with Crippen LogP contribution in [0.5, 0.6) is 0 Å². The van der Waals surface area contributed by atoms with E-state index in [1.165, 1.54) is 56.9 Å². The van der Waals surface area contributed by atoms with Crippen LogP contribution in [-0.2, 0) is 5.41 Å². The Morgan fingerprint density at radius 3 is 2.57 bits per heavy atom. The van der Waals surface area contributed by atoms with Crippen LogP contribution in [0.2, 0.25) is 5.02 Å². The molecular weight excluding hydrogens is 278 g/mol. The number of rotatable bonds is 5. The summed E-state index contributed by atoms with van der Waals surface area (Å²) in [4.78, 5) is 0. The highest BCUT2D eigenvalue weighted by Gasteiger charge is 2.54. The van der Waals surface area contributed by atoms with E-state index in [0.29, 0.717) is 10.8 Å². The number of hydrogen-bond acceptors (Lipinski definition) is 1. The lowest BCUT2D eigenvalue weighted by Crippen LogP contribution is -2.55. The first kappa shape index (κ1) is 15.4. The van der Waals surface area contributed by atoms with Gasteiger partial charge >= 0.3 is 0 Å². The van der Waals surface area contributed by atoms with Gasteiger partial charge in [0.05, 0.1) is 0 Å². The smallest absolute Gasteiger partial charge is 0.0408 e. The lowest BCUT2D eigenvalue weighted by atomic mass is 9.46. The molecule has 0 aromatic heterocycles. The molecule has 0 aliphatic heterocycles. The Labute approximate surface area is 134 Å². The molecule has 2 heteroatoms. The van der Waals surface area contributed by atoms with Crippen molar-refractivity contribution in [1.82, 2.24) is 5.32 Å². The van der Waals surface area contributed by atoms with Gasteiger partial charge in [0.15, 0.2) is 0 Å². The summed E-state index contributed by atoms with van der Waals surface area (Å²) in [6, 6.07) is 8.60. The number of halogens is 1. The molecule has 1 nitrogen and oxygen atoms in total. The summed E-state index contributed by atoms with van der Waals surface area (Å²) in [5, 5.41) is 4.56. The van der Waals surface area contributed by atoms with Crippen LogP contribution in [0.1, 0.15) is 63.9 Å². The predicted molar refractivity (Wildman–Crippen MR) is 91.0 cm³/mol. The molecule has 2 saturated carbocycles. The molecule has 1 spiro atoms. The molecule has 2 aliphatic rings. The first-order valence-corrected chi connectivity index (χ1v) is 9.03. The maximum atomic E-state index is 6.25. The average Bonchev–Trinajstić information content (AvgIpc) is 2.46. The minimum Gasteiger partial charge on any atom is -0.316 e. The molecule has 1 N–H and O–H groups in total. The summed E-state index contributed by atoms with van der Waals surface area (Å²) in [7, 11) is 0. The molecule has 1 aromatic rings. The third-order valence-corrected chi connectivity index (χ3v) is 5.90. The first-order valence-electron chi connectivity index (χ1n) is 8.65. The van der Waals surface area contributed by atoms with E-state index in [1.54, 1.807) is 0 Å². The third-order valence-electron chi connectivity index (χ3n) is 5.67. The van der Waals surface area contributed by atoms with Gasteiger partial charge in [-0.2, -0.15) is 0 Å². The van der Waals surface area contributed by atoms with Crippen LogP contribution < -0.4 is 5.32 Å². The molecule has 0 unspecified atom stereocenters. The molecule has 21 heavy (non-hydrogen) atoms. The average molecular weight is 306 g/mol. The Balaban J connectivity index is 1.77. The highest BCUT2D eigenvalue weighted by molar-refractivity contribution is 6.30. The van der Waals surface area contributed by atoms with E-state index < -0.39 is 0 Å². The molecule has 3 rings (SSSR count). The van der Waals surface area contributed by atoms with E-state index in [0.717, 1.165) is 18.1 Å². The van der Waals surface area contributed by atoms with Gasteiger partial charge in [-0.3, -0.25) is 0 Å². The summed E-state index contributed by atoms with van der Waals surface area (Å²) >= 11 is 6.25. The SMILES string of the molecule is CCCNCC1(c2cccc(Cl)c2)CC2(CCCCC2)C1. The second-order valence-corrected chi connectivity index (χ2v) is 7.82. The van der Waals surface area contributed by atoms with Crippen molar-refractivity contribution in [3.8, 4) is 0 Å². The van der Waals surface area contributed by atoms with Crippen LogP contribution in [0.4, 0.5) is 0 Å². The van der Waals surface area contributed by atoms with Crippen molar-refractivity contribution >= 4 is 11.6 Å². The number of nitrogens with one attached hydrogen (secondary N) is 1. The summed E-state index contributed by atoms with van der Waals surface area (Å²) < 4.78 is 0. The fourth-order valence-electron chi connectivity index (χ4n) is 4.79. The second kappa shape index (κ2) is 6.30. The van der Waals surface area contributed by atoms with Crippen molar-refractivity contribution in [1.29, 1.82) is 0 Å². The van der Waals surface area contributed by atoms with Gasteiger partial charge in [0.25, 0.3) is 0 Å². The molecule has 0 bridgehead atoms. The minimum atomic E-state index is 0.331. The van der Waals surface area contributed by atoms with E-state index in [4.69, 9.17) is 11.6 Å². The Bertz CT molecular complexity index is 468. The van der Waals surface area contributed by atoms with Gasteiger partial charge in [0, 0.05) is 17.0 Å². The first-order chi connectivity index (χ1) is 10.2. The van der Waals surface area contributed by atoms with Crippen molar-refractivity contribution in [3.05, 3.63) is 34.9 Å². The van der Waals surface area contributed by atoms with Crippen molar-refractivity contribution in [2.45, 2.75) is 63.7 Å². The molecule has 2 aliphatic carbocycles. The summed E-state index contributed by atoms with van der Waals surface area (Å²) in [5.74, 6) is 0. The van der Waals surface area contributed by atoms with Gasteiger partial charge in [-0.05, 0) is 61.8 Å². The molecule has 0 saturated heterocycles. The molecular formula is C19H28ClN. The van der Waals surface area contributed by atoms with Gasteiger partial charge in [-0.15, -0.1) is 0 Å². The van der Waals surface area contributed by atoms with Crippen LogP contribution in [0.3, 0.4) is 0 Å². The van der Waals surface area contributed by atoms with Crippen molar-refractivity contribution in [2.24, 2.45) is 5.41 Å². The van der Waals surface area contributed by atoms with Gasteiger partial charge in [0.2, 0.25) is 0 Å². The number of benzene rings is 1. The van der Waals surface area contributed by atoms with E-state index in [-0.39, 0.29) is 0 Å². The molecule has 116 valence electrons. The highest BCUT2D eigenvalue weighted by Crippen LogP contribution is 2.61. The van der Waals surface area contributed by atoms with E-state index in [9.17, 15) is 0 Å². The molecule has 2 fully saturated rings. The van der Waals surface area contributed by atoms with Crippen LogP contribution >= 0.6 is 11.6 Å². The molecule has 1 aromatic carbocycles. The summed E-state index contributed by atoms with van der Waals surface area (Å²) in [5.41, 5.74) is 2.43. The maximum absolute atomic E-state index is 6.25. The van der Waals surface area contributed by atoms with Gasteiger partial charge < -0.3 is 5.32 Å². The van der Waals surface area contributed by atoms with Crippen LogP contribution in [0.15, 0.2) is 24.3 Å². The second-order valence-electron chi connectivity index (χ2n) is 7.38. The topological polar surface area (TPSA) is 12.0 Å². The normalized spacial score (nSPS) is 23.0. The number of hydrogen-bond donors (Lipinski definition) is 1.